The fraction of sp³-hybridized carbons (Fsp3) is 0.0625. The molecule has 3 aromatic rings. The lowest BCUT2D eigenvalue weighted by Crippen LogP contribution is -2.13. The van der Waals surface area contributed by atoms with Gasteiger partial charge in [0.2, 0.25) is 0 Å². The molecule has 0 aliphatic heterocycles. The van der Waals surface area contributed by atoms with Crippen molar-refractivity contribution in [2.24, 2.45) is 10.2 Å². The second-order valence-corrected chi connectivity index (χ2v) is 4.75. The molecule has 0 bridgehead atoms. The molecular weight excluding hydrogens is 294 g/mol. The zero-order chi connectivity index (χ0) is 16.2. The smallest absolute Gasteiger partial charge is 0.301 e. The van der Waals surface area contributed by atoms with E-state index < -0.39 is 0 Å². The third kappa shape index (κ3) is 2.98. The zero-order valence-electron chi connectivity index (χ0n) is 12.4. The fourth-order valence-electron chi connectivity index (χ4n) is 2.06. The molecule has 0 unspecified atom stereocenters. The molecule has 3 rings (SSSR count). The van der Waals surface area contributed by atoms with Crippen LogP contribution in [0.1, 0.15) is 0 Å². The number of hydrogen-bond acceptors (Lipinski definition) is 5. The summed E-state index contributed by atoms with van der Waals surface area (Å²) in [5.41, 5.74) is 6.83. The highest BCUT2D eigenvalue weighted by molar-refractivity contribution is 5.57. The number of rotatable bonds is 4. The average Bonchev–Trinajstić information content (AvgIpc) is 2.88. The van der Waals surface area contributed by atoms with E-state index >= 15 is 0 Å². The summed E-state index contributed by atoms with van der Waals surface area (Å²) in [6.45, 7) is 0. The molecule has 0 aliphatic carbocycles. The van der Waals surface area contributed by atoms with Crippen LogP contribution in [0.4, 0.5) is 17.2 Å². The SMILES string of the molecule is COc1ccc(N=Nc2c(N)[nH]n(-c3ccccc3)c2=O)cc1. The third-order valence-corrected chi connectivity index (χ3v) is 3.25. The normalized spacial score (nSPS) is 11.0. The number of azo groups is 1. The summed E-state index contributed by atoms with van der Waals surface area (Å²) < 4.78 is 6.40. The van der Waals surface area contributed by atoms with Gasteiger partial charge in [0, 0.05) is 0 Å². The van der Waals surface area contributed by atoms with Gasteiger partial charge in [-0.25, -0.2) is 4.68 Å². The van der Waals surface area contributed by atoms with Crippen LogP contribution >= 0.6 is 0 Å². The van der Waals surface area contributed by atoms with Crippen LogP contribution in [0, 0.1) is 0 Å². The van der Waals surface area contributed by atoms with Crippen LogP contribution in [0.3, 0.4) is 0 Å². The Kier molecular flexibility index (Phi) is 3.92. The van der Waals surface area contributed by atoms with E-state index in [9.17, 15) is 4.79 Å². The van der Waals surface area contributed by atoms with Crippen molar-refractivity contribution in [1.29, 1.82) is 0 Å². The van der Waals surface area contributed by atoms with Gasteiger partial charge in [0.1, 0.15) is 11.6 Å². The molecule has 1 aromatic heterocycles. The van der Waals surface area contributed by atoms with Gasteiger partial charge in [-0.15, -0.1) is 5.11 Å². The highest BCUT2D eigenvalue weighted by Crippen LogP contribution is 2.22. The van der Waals surface area contributed by atoms with Crippen molar-refractivity contribution in [3.63, 3.8) is 0 Å². The van der Waals surface area contributed by atoms with Gasteiger partial charge in [-0.2, -0.15) is 5.11 Å². The molecular formula is C16H15N5O2. The van der Waals surface area contributed by atoms with Crippen molar-refractivity contribution in [3.05, 3.63) is 65.0 Å². The first kappa shape index (κ1) is 14.6. The van der Waals surface area contributed by atoms with E-state index in [1.807, 2.05) is 18.2 Å². The second kappa shape index (κ2) is 6.18. The number of nitrogens with zero attached hydrogens (tertiary/aromatic N) is 3. The van der Waals surface area contributed by atoms with Crippen molar-refractivity contribution in [2.45, 2.75) is 0 Å². The van der Waals surface area contributed by atoms with E-state index in [2.05, 4.69) is 15.3 Å². The third-order valence-electron chi connectivity index (χ3n) is 3.25. The number of ether oxygens (including phenoxy) is 1. The van der Waals surface area contributed by atoms with Gasteiger partial charge in [-0.3, -0.25) is 9.89 Å². The average molecular weight is 309 g/mol. The Bertz CT molecular complexity index is 879. The number of benzene rings is 2. The van der Waals surface area contributed by atoms with Gasteiger partial charge in [-0.05, 0) is 36.4 Å². The predicted molar refractivity (Wildman–Crippen MR) is 88.0 cm³/mol. The molecule has 0 fully saturated rings. The topological polar surface area (TPSA) is 97.8 Å². The predicted octanol–water partition coefficient (Wildman–Crippen LogP) is 3.17. The first-order valence-corrected chi connectivity index (χ1v) is 6.91. The van der Waals surface area contributed by atoms with Crippen LogP contribution in [-0.4, -0.2) is 16.9 Å². The molecule has 1 heterocycles. The Hall–Kier alpha value is -3.35. The number of aromatic nitrogens is 2. The van der Waals surface area contributed by atoms with Gasteiger partial charge in [0.25, 0.3) is 0 Å². The minimum absolute atomic E-state index is 0.0738. The summed E-state index contributed by atoms with van der Waals surface area (Å²) in [5.74, 6) is 0.882. The number of para-hydroxylation sites is 1. The maximum atomic E-state index is 12.4. The van der Waals surface area contributed by atoms with Gasteiger partial charge in [0.05, 0.1) is 18.5 Å². The number of aromatic amines is 1. The highest BCUT2D eigenvalue weighted by Gasteiger charge is 2.12. The molecule has 0 radical (unpaired) electrons. The largest absolute Gasteiger partial charge is 0.497 e. The Labute approximate surface area is 132 Å². The van der Waals surface area contributed by atoms with E-state index in [-0.39, 0.29) is 17.1 Å². The van der Waals surface area contributed by atoms with Crippen molar-refractivity contribution in [2.75, 3.05) is 12.8 Å². The van der Waals surface area contributed by atoms with Crippen molar-refractivity contribution in [1.82, 2.24) is 9.78 Å². The van der Waals surface area contributed by atoms with E-state index in [1.165, 1.54) is 4.68 Å². The molecule has 3 N–H and O–H groups in total. The number of nitrogen functional groups attached to an aromatic ring is 1. The van der Waals surface area contributed by atoms with Gasteiger partial charge >= 0.3 is 5.56 Å². The lowest BCUT2D eigenvalue weighted by molar-refractivity contribution is 0.415. The molecule has 0 spiro atoms. The first-order chi connectivity index (χ1) is 11.2. The Morgan fingerprint density at radius 2 is 1.74 bits per heavy atom. The number of methoxy groups -OCH3 is 1. The van der Waals surface area contributed by atoms with Crippen molar-refractivity contribution in [3.8, 4) is 11.4 Å². The standard InChI is InChI=1S/C16H15N5O2/c1-23-13-9-7-11(8-10-13)18-19-14-15(17)20-21(16(14)22)12-5-3-2-4-6-12/h2-10,20H,17H2,1H3. The quantitative estimate of drug-likeness (QED) is 0.724. The van der Waals surface area contributed by atoms with Crippen LogP contribution in [0.5, 0.6) is 5.75 Å². The van der Waals surface area contributed by atoms with Crippen LogP contribution in [0.2, 0.25) is 0 Å². The van der Waals surface area contributed by atoms with E-state index in [1.54, 1.807) is 43.5 Å². The van der Waals surface area contributed by atoms with Crippen LogP contribution in [-0.2, 0) is 0 Å². The van der Waals surface area contributed by atoms with Crippen LogP contribution in [0.25, 0.3) is 5.69 Å². The van der Waals surface area contributed by atoms with Crippen LogP contribution < -0.4 is 16.0 Å². The second-order valence-electron chi connectivity index (χ2n) is 4.75. The molecule has 7 heteroatoms. The molecule has 7 nitrogen and oxygen atoms in total. The minimum atomic E-state index is -0.356. The summed E-state index contributed by atoms with van der Waals surface area (Å²) in [6, 6.07) is 16.1. The summed E-state index contributed by atoms with van der Waals surface area (Å²) in [4.78, 5) is 12.4. The number of hydrogen-bond donors (Lipinski definition) is 2. The van der Waals surface area contributed by atoms with Crippen molar-refractivity contribution >= 4 is 17.2 Å². The minimum Gasteiger partial charge on any atom is -0.497 e. The molecule has 2 aromatic carbocycles. The molecule has 0 aliphatic rings. The summed E-state index contributed by atoms with van der Waals surface area (Å²) in [6.07, 6.45) is 0. The number of anilines is 1. The van der Waals surface area contributed by atoms with Gasteiger partial charge in [0.15, 0.2) is 5.69 Å². The number of nitrogens with two attached hydrogens (primary N) is 1. The fourth-order valence-corrected chi connectivity index (χ4v) is 2.06. The maximum Gasteiger partial charge on any atom is 0.301 e. The van der Waals surface area contributed by atoms with E-state index in [4.69, 9.17) is 10.5 Å². The highest BCUT2D eigenvalue weighted by atomic mass is 16.5. The molecule has 23 heavy (non-hydrogen) atoms. The molecule has 0 saturated carbocycles. The summed E-state index contributed by atoms with van der Waals surface area (Å²) in [5, 5.41) is 10.8. The molecule has 0 atom stereocenters. The lowest BCUT2D eigenvalue weighted by atomic mass is 10.3. The van der Waals surface area contributed by atoms with E-state index in [0.717, 1.165) is 5.75 Å². The maximum absolute atomic E-state index is 12.4. The molecule has 0 saturated heterocycles. The summed E-state index contributed by atoms with van der Waals surface area (Å²) >= 11 is 0. The first-order valence-electron chi connectivity index (χ1n) is 6.91. The Morgan fingerprint density at radius 1 is 1.04 bits per heavy atom. The van der Waals surface area contributed by atoms with E-state index in [0.29, 0.717) is 11.4 Å². The van der Waals surface area contributed by atoms with Gasteiger partial charge in [-0.1, -0.05) is 18.2 Å². The monoisotopic (exact) mass is 309 g/mol. The van der Waals surface area contributed by atoms with Crippen LogP contribution in [0.15, 0.2) is 69.6 Å². The zero-order valence-corrected chi connectivity index (χ0v) is 12.4. The molecule has 116 valence electrons. The number of H-pyrrole nitrogens is 1. The van der Waals surface area contributed by atoms with Gasteiger partial charge < -0.3 is 10.5 Å². The molecule has 0 amide bonds. The Morgan fingerprint density at radius 3 is 2.39 bits per heavy atom. The Balaban J connectivity index is 1.93. The lowest BCUT2D eigenvalue weighted by Gasteiger charge is -1.99. The van der Waals surface area contributed by atoms with Crippen molar-refractivity contribution < 1.29 is 4.74 Å². The summed E-state index contributed by atoms with van der Waals surface area (Å²) in [7, 11) is 1.59. The number of nitrogens with one attached hydrogen (secondary N) is 1.